The van der Waals surface area contributed by atoms with E-state index in [0.29, 0.717) is 5.69 Å². The maximum absolute atomic E-state index is 13.0. The lowest BCUT2D eigenvalue weighted by Crippen LogP contribution is -2.38. The number of carbonyl (C=O) groups excluding carboxylic acids is 1. The number of hydrogen-bond acceptors (Lipinski definition) is 4. The molecule has 0 saturated carbocycles. The number of carbonyl (C=O) groups is 1. The first-order valence-electron chi connectivity index (χ1n) is 6.30. The molecule has 104 valence electrons. The molecule has 1 unspecified atom stereocenters. The Morgan fingerprint density at radius 1 is 1.58 bits per heavy atom. The summed E-state index contributed by atoms with van der Waals surface area (Å²) in [5, 5.41) is 11.8. The van der Waals surface area contributed by atoms with Crippen molar-refractivity contribution in [3.05, 3.63) is 24.0 Å². The highest BCUT2D eigenvalue weighted by molar-refractivity contribution is 5.92. The molecule has 19 heavy (non-hydrogen) atoms. The lowest BCUT2D eigenvalue weighted by atomic mass is 10.2. The number of halogens is 1. The van der Waals surface area contributed by atoms with Crippen molar-refractivity contribution in [2.24, 2.45) is 0 Å². The molecular formula is C13H18FN3O2. The molecular weight excluding hydrogens is 249 g/mol. The molecule has 0 aromatic heterocycles. The maximum atomic E-state index is 13.0. The van der Waals surface area contributed by atoms with Gasteiger partial charge in [0.1, 0.15) is 5.82 Å². The second kappa shape index (κ2) is 5.99. The molecule has 1 aliphatic rings. The van der Waals surface area contributed by atoms with E-state index < -0.39 is 5.82 Å². The zero-order chi connectivity index (χ0) is 13.8. The number of likely N-dealkylation sites (tertiary alicyclic amines) is 1. The molecule has 1 atom stereocenters. The minimum absolute atomic E-state index is 0.00667. The van der Waals surface area contributed by atoms with Gasteiger partial charge in [-0.1, -0.05) is 0 Å². The molecule has 1 aromatic rings. The van der Waals surface area contributed by atoms with E-state index in [1.54, 1.807) is 0 Å². The number of nitrogens with one attached hydrogen (secondary N) is 1. The van der Waals surface area contributed by atoms with E-state index in [0.717, 1.165) is 19.4 Å². The van der Waals surface area contributed by atoms with E-state index in [1.807, 2.05) is 4.90 Å². The van der Waals surface area contributed by atoms with Crippen LogP contribution in [0.15, 0.2) is 18.2 Å². The van der Waals surface area contributed by atoms with Gasteiger partial charge < -0.3 is 16.2 Å². The summed E-state index contributed by atoms with van der Waals surface area (Å²) < 4.78 is 13.0. The van der Waals surface area contributed by atoms with E-state index in [-0.39, 0.29) is 30.8 Å². The average Bonchev–Trinajstić information content (AvgIpc) is 2.81. The zero-order valence-corrected chi connectivity index (χ0v) is 10.6. The van der Waals surface area contributed by atoms with Crippen LogP contribution in [0.4, 0.5) is 15.8 Å². The number of aliphatic hydroxyl groups excluding tert-OH is 1. The summed E-state index contributed by atoms with van der Waals surface area (Å²) >= 11 is 0. The van der Waals surface area contributed by atoms with Crippen molar-refractivity contribution < 1.29 is 14.3 Å². The van der Waals surface area contributed by atoms with E-state index in [2.05, 4.69) is 5.32 Å². The predicted molar refractivity (Wildman–Crippen MR) is 71.1 cm³/mol. The summed E-state index contributed by atoms with van der Waals surface area (Å²) in [4.78, 5) is 13.8. The Labute approximate surface area is 111 Å². The zero-order valence-electron chi connectivity index (χ0n) is 10.6. The van der Waals surface area contributed by atoms with Gasteiger partial charge in [-0.25, -0.2) is 4.39 Å². The van der Waals surface area contributed by atoms with Gasteiger partial charge in [0.2, 0.25) is 5.91 Å². The van der Waals surface area contributed by atoms with Crippen LogP contribution < -0.4 is 11.1 Å². The van der Waals surface area contributed by atoms with Crippen LogP contribution in [-0.4, -0.2) is 41.7 Å². The summed E-state index contributed by atoms with van der Waals surface area (Å²) in [5.41, 5.74) is 5.92. The Morgan fingerprint density at radius 2 is 2.37 bits per heavy atom. The first kappa shape index (κ1) is 13.8. The van der Waals surface area contributed by atoms with Crippen LogP contribution in [0.5, 0.6) is 0 Å². The SMILES string of the molecule is Nc1cc(NC(=O)CN2CCCC2CO)ccc1F. The van der Waals surface area contributed by atoms with E-state index in [1.165, 1.54) is 18.2 Å². The summed E-state index contributed by atoms with van der Waals surface area (Å²) in [5.74, 6) is -0.691. The molecule has 1 fully saturated rings. The van der Waals surface area contributed by atoms with Crippen LogP contribution in [0.1, 0.15) is 12.8 Å². The van der Waals surface area contributed by atoms with Crippen LogP contribution in [0, 0.1) is 5.82 Å². The highest BCUT2D eigenvalue weighted by Gasteiger charge is 2.25. The third-order valence-corrected chi connectivity index (χ3v) is 3.34. The molecule has 5 nitrogen and oxygen atoms in total. The smallest absolute Gasteiger partial charge is 0.238 e. The molecule has 0 spiro atoms. The normalized spacial score (nSPS) is 19.6. The number of nitrogens with two attached hydrogens (primary N) is 1. The number of hydrogen-bond donors (Lipinski definition) is 3. The first-order chi connectivity index (χ1) is 9.10. The molecule has 2 rings (SSSR count). The summed E-state index contributed by atoms with van der Waals surface area (Å²) in [6.45, 7) is 1.10. The quantitative estimate of drug-likeness (QED) is 0.705. The molecule has 1 heterocycles. The van der Waals surface area contributed by atoms with Gasteiger partial charge in [-0.2, -0.15) is 0 Å². The van der Waals surface area contributed by atoms with E-state index in [4.69, 9.17) is 5.73 Å². The van der Waals surface area contributed by atoms with Crippen LogP contribution >= 0.6 is 0 Å². The molecule has 4 N–H and O–H groups in total. The first-order valence-corrected chi connectivity index (χ1v) is 6.30. The van der Waals surface area contributed by atoms with Crippen LogP contribution in [0.3, 0.4) is 0 Å². The number of nitrogen functional groups attached to an aromatic ring is 1. The van der Waals surface area contributed by atoms with Gasteiger partial charge in [-0.15, -0.1) is 0 Å². The monoisotopic (exact) mass is 267 g/mol. The minimum atomic E-state index is -0.502. The fourth-order valence-corrected chi connectivity index (χ4v) is 2.32. The largest absolute Gasteiger partial charge is 0.396 e. The van der Waals surface area contributed by atoms with Crippen molar-refractivity contribution in [1.82, 2.24) is 4.90 Å². The lowest BCUT2D eigenvalue weighted by molar-refractivity contribution is -0.117. The van der Waals surface area contributed by atoms with Crippen LogP contribution in [-0.2, 0) is 4.79 Å². The molecule has 0 aliphatic carbocycles. The fourth-order valence-electron chi connectivity index (χ4n) is 2.32. The Morgan fingerprint density at radius 3 is 3.05 bits per heavy atom. The number of anilines is 2. The standard InChI is InChI=1S/C13H18FN3O2/c14-11-4-3-9(6-12(11)15)16-13(19)7-17-5-1-2-10(17)8-18/h3-4,6,10,18H,1-2,5,7-8,15H2,(H,16,19). The summed E-state index contributed by atoms with van der Waals surface area (Å²) in [7, 11) is 0. The molecule has 1 aliphatic heterocycles. The Balaban J connectivity index is 1.92. The van der Waals surface area contributed by atoms with Crippen molar-refractivity contribution in [3.8, 4) is 0 Å². The molecule has 6 heteroatoms. The van der Waals surface area contributed by atoms with Crippen molar-refractivity contribution >= 4 is 17.3 Å². The third-order valence-electron chi connectivity index (χ3n) is 3.34. The van der Waals surface area contributed by atoms with Gasteiger partial charge in [-0.3, -0.25) is 9.69 Å². The van der Waals surface area contributed by atoms with Crippen molar-refractivity contribution in [1.29, 1.82) is 0 Å². The van der Waals surface area contributed by atoms with Gasteiger partial charge in [0.25, 0.3) is 0 Å². The number of nitrogens with zero attached hydrogens (tertiary/aromatic N) is 1. The number of amides is 1. The van der Waals surface area contributed by atoms with Crippen LogP contribution in [0.25, 0.3) is 0 Å². The molecule has 0 bridgehead atoms. The Bertz CT molecular complexity index is 467. The number of benzene rings is 1. The number of rotatable bonds is 4. The highest BCUT2D eigenvalue weighted by atomic mass is 19.1. The predicted octanol–water partition coefficient (Wildman–Crippen LogP) is 0.803. The van der Waals surface area contributed by atoms with Crippen LogP contribution in [0.2, 0.25) is 0 Å². The topological polar surface area (TPSA) is 78.6 Å². The number of aliphatic hydroxyl groups is 1. The van der Waals surface area contributed by atoms with Gasteiger partial charge in [0.05, 0.1) is 18.8 Å². The van der Waals surface area contributed by atoms with Crippen molar-refractivity contribution in [3.63, 3.8) is 0 Å². The van der Waals surface area contributed by atoms with Gasteiger partial charge in [0.15, 0.2) is 0 Å². The van der Waals surface area contributed by atoms with Crippen molar-refractivity contribution in [2.45, 2.75) is 18.9 Å². The maximum Gasteiger partial charge on any atom is 0.238 e. The average molecular weight is 267 g/mol. The fraction of sp³-hybridized carbons (Fsp3) is 0.462. The van der Waals surface area contributed by atoms with Crippen molar-refractivity contribution in [2.75, 3.05) is 30.7 Å². The van der Waals surface area contributed by atoms with Gasteiger partial charge in [-0.05, 0) is 37.6 Å². The molecule has 1 aromatic carbocycles. The minimum Gasteiger partial charge on any atom is -0.396 e. The molecule has 1 amide bonds. The highest BCUT2D eigenvalue weighted by Crippen LogP contribution is 2.18. The summed E-state index contributed by atoms with van der Waals surface area (Å²) in [6.07, 6.45) is 1.90. The third kappa shape index (κ3) is 3.42. The van der Waals surface area contributed by atoms with E-state index in [9.17, 15) is 14.3 Å². The summed E-state index contributed by atoms with van der Waals surface area (Å²) in [6, 6.07) is 4.14. The van der Waals surface area contributed by atoms with Gasteiger partial charge >= 0.3 is 0 Å². The molecule has 0 radical (unpaired) electrons. The Hall–Kier alpha value is -1.66. The second-order valence-corrected chi connectivity index (χ2v) is 4.73. The van der Waals surface area contributed by atoms with E-state index >= 15 is 0 Å². The lowest BCUT2D eigenvalue weighted by Gasteiger charge is -2.21. The molecule has 1 saturated heterocycles. The Kier molecular flexibility index (Phi) is 4.34. The second-order valence-electron chi connectivity index (χ2n) is 4.73. The van der Waals surface area contributed by atoms with Gasteiger partial charge in [0, 0.05) is 11.7 Å².